The van der Waals surface area contributed by atoms with Gasteiger partial charge in [-0.3, -0.25) is 4.79 Å². The highest BCUT2D eigenvalue weighted by molar-refractivity contribution is 5.89. The molecule has 0 aliphatic carbocycles. The van der Waals surface area contributed by atoms with E-state index in [0.717, 1.165) is 23.7 Å². The fraction of sp³-hybridized carbons (Fsp3) is 0.533. The predicted octanol–water partition coefficient (Wildman–Crippen LogP) is 1.75. The van der Waals surface area contributed by atoms with E-state index in [2.05, 4.69) is 5.32 Å². The first kappa shape index (κ1) is 17.3. The van der Waals surface area contributed by atoms with Crippen molar-refractivity contribution >= 4 is 17.3 Å². The van der Waals surface area contributed by atoms with Crippen LogP contribution in [0.4, 0.5) is 11.4 Å². The molecule has 0 aliphatic rings. The van der Waals surface area contributed by atoms with Crippen LogP contribution in [-0.4, -0.2) is 53.5 Å². The second-order valence-corrected chi connectivity index (χ2v) is 4.62. The predicted molar refractivity (Wildman–Crippen MR) is 83.3 cm³/mol. The van der Waals surface area contributed by atoms with Crippen molar-refractivity contribution < 1.29 is 19.0 Å². The maximum absolute atomic E-state index is 11.2. The van der Waals surface area contributed by atoms with Crippen LogP contribution < -0.4 is 15.0 Å². The molecule has 1 aromatic rings. The number of hydrogen-bond acceptors (Lipinski definition) is 5. The van der Waals surface area contributed by atoms with Gasteiger partial charge in [-0.2, -0.15) is 0 Å². The van der Waals surface area contributed by atoms with Crippen molar-refractivity contribution in [2.75, 3.05) is 57.8 Å². The van der Waals surface area contributed by atoms with Gasteiger partial charge in [0.2, 0.25) is 5.91 Å². The summed E-state index contributed by atoms with van der Waals surface area (Å²) in [5.41, 5.74) is 1.63. The monoisotopic (exact) mass is 296 g/mol. The van der Waals surface area contributed by atoms with Gasteiger partial charge in [-0.05, 0) is 18.2 Å². The maximum atomic E-state index is 11.2. The van der Waals surface area contributed by atoms with Crippen LogP contribution in [0.5, 0.6) is 5.75 Å². The number of nitrogens with zero attached hydrogens (tertiary/aromatic N) is 1. The van der Waals surface area contributed by atoms with Gasteiger partial charge in [0.25, 0.3) is 0 Å². The van der Waals surface area contributed by atoms with Gasteiger partial charge in [-0.1, -0.05) is 0 Å². The molecule has 0 saturated carbocycles. The summed E-state index contributed by atoms with van der Waals surface area (Å²) in [4.78, 5) is 13.2. The number of rotatable bonds is 9. The van der Waals surface area contributed by atoms with Crippen molar-refractivity contribution in [2.45, 2.75) is 6.92 Å². The first-order chi connectivity index (χ1) is 10.1. The van der Waals surface area contributed by atoms with Gasteiger partial charge in [-0.25, -0.2) is 0 Å². The van der Waals surface area contributed by atoms with E-state index in [-0.39, 0.29) is 5.91 Å². The zero-order valence-electron chi connectivity index (χ0n) is 13.1. The molecule has 0 atom stereocenters. The molecule has 0 heterocycles. The minimum Gasteiger partial charge on any atom is -0.489 e. The summed E-state index contributed by atoms with van der Waals surface area (Å²) >= 11 is 0. The molecule has 0 spiro atoms. The zero-order valence-corrected chi connectivity index (χ0v) is 13.1. The van der Waals surface area contributed by atoms with Crippen LogP contribution in [0, 0.1) is 0 Å². The Hall–Kier alpha value is -1.79. The Bertz CT molecular complexity index is 451. The Morgan fingerprint density at radius 2 is 1.90 bits per heavy atom. The second kappa shape index (κ2) is 9.20. The number of ether oxygens (including phenoxy) is 3. The normalized spacial score (nSPS) is 10.3. The highest BCUT2D eigenvalue weighted by Crippen LogP contribution is 2.30. The molecular formula is C15H24N2O4. The summed E-state index contributed by atoms with van der Waals surface area (Å²) in [6.45, 7) is 3.81. The van der Waals surface area contributed by atoms with E-state index in [4.69, 9.17) is 14.2 Å². The lowest BCUT2D eigenvalue weighted by Gasteiger charge is -2.23. The van der Waals surface area contributed by atoms with Crippen LogP contribution in [-0.2, 0) is 14.3 Å². The molecule has 1 rings (SSSR count). The average molecular weight is 296 g/mol. The number of amides is 1. The fourth-order valence-corrected chi connectivity index (χ4v) is 1.80. The van der Waals surface area contributed by atoms with E-state index in [1.807, 2.05) is 30.1 Å². The first-order valence-electron chi connectivity index (χ1n) is 6.82. The Morgan fingerprint density at radius 3 is 2.52 bits per heavy atom. The number of benzene rings is 1. The second-order valence-electron chi connectivity index (χ2n) is 4.62. The third-order valence-corrected chi connectivity index (χ3v) is 2.87. The smallest absolute Gasteiger partial charge is 0.221 e. The van der Waals surface area contributed by atoms with Gasteiger partial charge in [0.05, 0.1) is 18.9 Å². The molecule has 6 nitrogen and oxygen atoms in total. The Labute approximate surface area is 126 Å². The van der Waals surface area contributed by atoms with E-state index in [1.54, 1.807) is 14.2 Å². The van der Waals surface area contributed by atoms with Crippen LogP contribution in [0.3, 0.4) is 0 Å². The van der Waals surface area contributed by atoms with Gasteiger partial charge in [-0.15, -0.1) is 0 Å². The van der Waals surface area contributed by atoms with Crippen LogP contribution in [0.25, 0.3) is 0 Å². The number of carbonyl (C=O) groups is 1. The molecule has 1 N–H and O–H groups in total. The largest absolute Gasteiger partial charge is 0.489 e. The molecule has 0 aromatic heterocycles. The summed E-state index contributed by atoms with van der Waals surface area (Å²) in [7, 11) is 5.25. The van der Waals surface area contributed by atoms with Crippen molar-refractivity contribution in [3.63, 3.8) is 0 Å². The number of hydrogen-bond donors (Lipinski definition) is 1. The minimum absolute atomic E-state index is 0.103. The summed E-state index contributed by atoms with van der Waals surface area (Å²) in [5, 5.41) is 2.77. The van der Waals surface area contributed by atoms with Gasteiger partial charge < -0.3 is 24.4 Å². The zero-order chi connectivity index (χ0) is 15.7. The third kappa shape index (κ3) is 6.01. The first-order valence-corrected chi connectivity index (χ1v) is 6.82. The molecule has 1 amide bonds. The van der Waals surface area contributed by atoms with Crippen molar-refractivity contribution in [3.05, 3.63) is 18.2 Å². The number of nitrogens with one attached hydrogen (secondary N) is 1. The van der Waals surface area contributed by atoms with Crippen molar-refractivity contribution in [3.8, 4) is 5.75 Å². The van der Waals surface area contributed by atoms with Gasteiger partial charge in [0, 0.05) is 40.4 Å². The summed E-state index contributed by atoms with van der Waals surface area (Å²) in [6.07, 6.45) is 0. The van der Waals surface area contributed by atoms with Crippen LogP contribution in [0.2, 0.25) is 0 Å². The summed E-state index contributed by atoms with van der Waals surface area (Å²) < 4.78 is 15.8. The lowest BCUT2D eigenvalue weighted by atomic mass is 10.2. The molecule has 118 valence electrons. The molecule has 1 aromatic carbocycles. The third-order valence-electron chi connectivity index (χ3n) is 2.87. The van der Waals surface area contributed by atoms with Crippen LogP contribution >= 0.6 is 0 Å². The molecule has 21 heavy (non-hydrogen) atoms. The number of likely N-dealkylation sites (N-methyl/N-ethyl adjacent to an activating group) is 1. The highest BCUT2D eigenvalue weighted by Gasteiger charge is 2.11. The summed E-state index contributed by atoms with van der Waals surface area (Å²) in [5.74, 6) is 0.647. The molecule has 0 unspecified atom stereocenters. The maximum Gasteiger partial charge on any atom is 0.221 e. The molecule has 0 saturated heterocycles. The van der Waals surface area contributed by atoms with Gasteiger partial charge in [0.1, 0.15) is 12.4 Å². The van der Waals surface area contributed by atoms with E-state index in [1.165, 1.54) is 6.92 Å². The van der Waals surface area contributed by atoms with Crippen LogP contribution in [0.1, 0.15) is 6.92 Å². The number of carbonyl (C=O) groups excluding carboxylic acids is 1. The highest BCUT2D eigenvalue weighted by atomic mass is 16.5. The SMILES string of the molecule is COCCOc1ccc(NC(C)=O)cc1N(C)CCOC. The lowest BCUT2D eigenvalue weighted by Crippen LogP contribution is -2.23. The van der Waals surface area contributed by atoms with E-state index >= 15 is 0 Å². The molecular weight excluding hydrogens is 272 g/mol. The number of anilines is 2. The number of methoxy groups -OCH3 is 2. The average Bonchev–Trinajstić information content (AvgIpc) is 2.45. The van der Waals surface area contributed by atoms with Crippen molar-refractivity contribution in [2.24, 2.45) is 0 Å². The standard InChI is InChI=1S/C15H24N2O4/c1-12(18)16-13-5-6-15(21-10-9-20-4)14(11-13)17(2)7-8-19-3/h5-6,11H,7-10H2,1-4H3,(H,16,18). The van der Waals surface area contributed by atoms with Crippen LogP contribution in [0.15, 0.2) is 18.2 Å². The minimum atomic E-state index is -0.103. The van der Waals surface area contributed by atoms with Crippen molar-refractivity contribution in [1.29, 1.82) is 0 Å². The topological polar surface area (TPSA) is 60.0 Å². The van der Waals surface area contributed by atoms with E-state index in [9.17, 15) is 4.79 Å². The van der Waals surface area contributed by atoms with Crippen molar-refractivity contribution in [1.82, 2.24) is 0 Å². The Morgan fingerprint density at radius 1 is 1.19 bits per heavy atom. The Kier molecular flexibility index (Phi) is 7.56. The lowest BCUT2D eigenvalue weighted by molar-refractivity contribution is -0.114. The van der Waals surface area contributed by atoms with Gasteiger partial charge >= 0.3 is 0 Å². The summed E-state index contributed by atoms with van der Waals surface area (Å²) in [6, 6.07) is 5.55. The Balaban J connectivity index is 2.90. The fourth-order valence-electron chi connectivity index (χ4n) is 1.80. The quantitative estimate of drug-likeness (QED) is 0.704. The molecule has 0 aliphatic heterocycles. The molecule has 0 radical (unpaired) electrons. The molecule has 0 fully saturated rings. The van der Waals surface area contributed by atoms with E-state index in [0.29, 0.717) is 19.8 Å². The molecule has 0 bridgehead atoms. The molecule has 6 heteroatoms. The van der Waals surface area contributed by atoms with E-state index < -0.39 is 0 Å². The van der Waals surface area contributed by atoms with Gasteiger partial charge in [0.15, 0.2) is 0 Å².